The summed E-state index contributed by atoms with van der Waals surface area (Å²) in [6, 6.07) is 1.93. The van der Waals surface area contributed by atoms with Crippen LogP contribution in [0.2, 0.25) is 0 Å². The highest BCUT2D eigenvalue weighted by Crippen LogP contribution is 2.30. The molecule has 4 heteroatoms. The summed E-state index contributed by atoms with van der Waals surface area (Å²) in [6.07, 6.45) is 0. The van der Waals surface area contributed by atoms with Gasteiger partial charge in [0.15, 0.2) is 10.8 Å². The van der Waals surface area contributed by atoms with Gasteiger partial charge in [0.1, 0.15) is 0 Å². The summed E-state index contributed by atoms with van der Waals surface area (Å²) in [6.45, 7) is 2.69. The Kier molecular flexibility index (Phi) is 1.69. The zero-order chi connectivity index (χ0) is 7.68. The lowest BCUT2D eigenvalue weighted by molar-refractivity contribution is 0.324. The van der Waals surface area contributed by atoms with Gasteiger partial charge in [-0.2, -0.15) is 5.10 Å². The minimum absolute atomic E-state index is 0.781. The first-order valence-electron chi connectivity index (χ1n) is 3.46. The maximum atomic E-state index is 5.38. The molecule has 0 aliphatic carbocycles. The Hall–Kier alpha value is -0.770. The average Bonchev–Trinajstić information content (AvgIpc) is 2.04. The van der Waals surface area contributed by atoms with E-state index in [-0.39, 0.29) is 0 Å². The molecule has 1 aromatic heterocycles. The SMILES string of the molecule is Cc1cc2c(nn1)SCCO2. The molecule has 1 aliphatic heterocycles. The van der Waals surface area contributed by atoms with Gasteiger partial charge in [0.05, 0.1) is 12.3 Å². The zero-order valence-electron chi connectivity index (χ0n) is 6.20. The molecule has 0 unspecified atom stereocenters. The monoisotopic (exact) mass is 168 g/mol. The van der Waals surface area contributed by atoms with E-state index in [2.05, 4.69) is 10.2 Å². The number of hydrogen-bond acceptors (Lipinski definition) is 4. The number of nitrogens with zero attached hydrogens (tertiary/aromatic N) is 2. The molecule has 0 amide bonds. The van der Waals surface area contributed by atoms with Crippen molar-refractivity contribution in [2.45, 2.75) is 11.9 Å². The predicted molar refractivity (Wildman–Crippen MR) is 43.0 cm³/mol. The summed E-state index contributed by atoms with van der Waals surface area (Å²) in [7, 11) is 0. The fourth-order valence-corrected chi connectivity index (χ4v) is 1.67. The van der Waals surface area contributed by atoms with Crippen LogP contribution in [0.3, 0.4) is 0 Å². The van der Waals surface area contributed by atoms with Crippen molar-refractivity contribution in [3.05, 3.63) is 11.8 Å². The Bertz CT molecular complexity index is 277. The molecule has 58 valence electrons. The molecule has 3 nitrogen and oxygen atoms in total. The first kappa shape index (κ1) is 6.91. The van der Waals surface area contributed by atoms with Gasteiger partial charge in [-0.1, -0.05) is 11.8 Å². The molecule has 1 aromatic rings. The van der Waals surface area contributed by atoms with Crippen molar-refractivity contribution in [3.63, 3.8) is 0 Å². The van der Waals surface area contributed by atoms with Gasteiger partial charge in [-0.3, -0.25) is 0 Å². The van der Waals surface area contributed by atoms with Crippen LogP contribution in [0.15, 0.2) is 11.1 Å². The molecule has 0 saturated carbocycles. The highest BCUT2D eigenvalue weighted by Gasteiger charge is 2.12. The van der Waals surface area contributed by atoms with Crippen LogP contribution in [-0.2, 0) is 0 Å². The third-order valence-corrected chi connectivity index (χ3v) is 2.36. The van der Waals surface area contributed by atoms with E-state index in [0.29, 0.717) is 0 Å². The largest absolute Gasteiger partial charge is 0.490 e. The van der Waals surface area contributed by atoms with Crippen molar-refractivity contribution in [1.82, 2.24) is 10.2 Å². The van der Waals surface area contributed by atoms with Gasteiger partial charge in [0.2, 0.25) is 0 Å². The Morgan fingerprint density at radius 2 is 2.45 bits per heavy atom. The third kappa shape index (κ3) is 1.30. The highest BCUT2D eigenvalue weighted by atomic mass is 32.2. The van der Waals surface area contributed by atoms with E-state index in [1.807, 2.05) is 13.0 Å². The first-order chi connectivity index (χ1) is 5.36. The summed E-state index contributed by atoms with van der Waals surface area (Å²) in [5, 5.41) is 8.87. The molecule has 0 bridgehead atoms. The van der Waals surface area contributed by atoms with E-state index < -0.39 is 0 Å². The number of fused-ring (bicyclic) bond motifs is 1. The van der Waals surface area contributed by atoms with Crippen molar-refractivity contribution < 1.29 is 4.74 Å². The molecular formula is C7H8N2OS. The van der Waals surface area contributed by atoms with Gasteiger partial charge in [-0.05, 0) is 6.92 Å². The number of hydrogen-bond donors (Lipinski definition) is 0. The van der Waals surface area contributed by atoms with E-state index in [0.717, 1.165) is 28.8 Å². The summed E-state index contributed by atoms with van der Waals surface area (Å²) in [4.78, 5) is 0. The number of aryl methyl sites for hydroxylation is 1. The van der Waals surface area contributed by atoms with Crippen molar-refractivity contribution in [3.8, 4) is 5.75 Å². The number of rotatable bonds is 0. The lowest BCUT2D eigenvalue weighted by atomic mass is 10.4. The van der Waals surface area contributed by atoms with Crippen molar-refractivity contribution in [2.24, 2.45) is 0 Å². The molecule has 0 N–H and O–H groups in total. The Labute approximate surface area is 69.2 Å². The second kappa shape index (κ2) is 2.70. The molecule has 0 saturated heterocycles. The maximum absolute atomic E-state index is 5.38. The molecule has 0 spiro atoms. The van der Waals surface area contributed by atoms with Gasteiger partial charge in [-0.25, -0.2) is 0 Å². The number of aromatic nitrogens is 2. The van der Waals surface area contributed by atoms with E-state index in [4.69, 9.17) is 4.74 Å². The van der Waals surface area contributed by atoms with Crippen LogP contribution in [0, 0.1) is 6.92 Å². The van der Waals surface area contributed by atoms with E-state index in [1.165, 1.54) is 0 Å². The van der Waals surface area contributed by atoms with Crippen LogP contribution in [-0.4, -0.2) is 22.6 Å². The van der Waals surface area contributed by atoms with E-state index >= 15 is 0 Å². The molecule has 0 radical (unpaired) electrons. The van der Waals surface area contributed by atoms with E-state index in [1.54, 1.807) is 11.8 Å². The standard InChI is InChI=1S/C7H8N2OS/c1-5-4-6-7(9-8-5)11-3-2-10-6/h4H,2-3H2,1H3. The summed E-state index contributed by atoms with van der Waals surface area (Å²) in [5.41, 5.74) is 0.909. The van der Waals surface area contributed by atoms with Gasteiger partial charge < -0.3 is 4.74 Å². The molecule has 2 heterocycles. The topological polar surface area (TPSA) is 35.0 Å². The normalized spacial score (nSPS) is 15.4. The molecule has 0 fully saturated rings. The van der Waals surface area contributed by atoms with Gasteiger partial charge in [0.25, 0.3) is 0 Å². The van der Waals surface area contributed by atoms with Crippen LogP contribution in [0.25, 0.3) is 0 Å². The summed E-state index contributed by atoms with van der Waals surface area (Å²) in [5.74, 6) is 1.86. The number of ether oxygens (including phenoxy) is 1. The maximum Gasteiger partial charge on any atom is 0.161 e. The molecule has 11 heavy (non-hydrogen) atoms. The van der Waals surface area contributed by atoms with Crippen molar-refractivity contribution >= 4 is 11.8 Å². The van der Waals surface area contributed by atoms with E-state index in [9.17, 15) is 0 Å². The summed E-state index contributed by atoms with van der Waals surface area (Å²) >= 11 is 1.70. The van der Waals surface area contributed by atoms with Crippen LogP contribution in [0.5, 0.6) is 5.75 Å². The van der Waals surface area contributed by atoms with Crippen molar-refractivity contribution in [2.75, 3.05) is 12.4 Å². The Balaban J connectivity index is 2.43. The number of thioether (sulfide) groups is 1. The van der Waals surface area contributed by atoms with Crippen LogP contribution < -0.4 is 4.74 Å². The minimum atomic E-state index is 0.781. The van der Waals surface area contributed by atoms with Crippen LogP contribution in [0.1, 0.15) is 5.69 Å². The van der Waals surface area contributed by atoms with Crippen LogP contribution >= 0.6 is 11.8 Å². The van der Waals surface area contributed by atoms with Gasteiger partial charge in [-0.15, -0.1) is 5.10 Å². The van der Waals surface area contributed by atoms with Gasteiger partial charge in [0, 0.05) is 11.8 Å². The second-order valence-corrected chi connectivity index (χ2v) is 3.44. The quantitative estimate of drug-likeness (QED) is 0.584. The highest BCUT2D eigenvalue weighted by molar-refractivity contribution is 7.99. The molecule has 2 rings (SSSR count). The fraction of sp³-hybridized carbons (Fsp3) is 0.429. The molecule has 1 aliphatic rings. The predicted octanol–water partition coefficient (Wildman–Crippen LogP) is 1.27. The fourth-order valence-electron chi connectivity index (χ4n) is 0.947. The lowest BCUT2D eigenvalue weighted by Crippen LogP contribution is -2.08. The first-order valence-corrected chi connectivity index (χ1v) is 4.45. The zero-order valence-corrected chi connectivity index (χ0v) is 7.02. The lowest BCUT2D eigenvalue weighted by Gasteiger charge is -2.14. The molecule has 0 atom stereocenters. The Morgan fingerprint density at radius 3 is 3.36 bits per heavy atom. The van der Waals surface area contributed by atoms with Gasteiger partial charge >= 0.3 is 0 Å². The third-order valence-electron chi connectivity index (χ3n) is 1.43. The second-order valence-electron chi connectivity index (χ2n) is 2.35. The summed E-state index contributed by atoms with van der Waals surface area (Å²) < 4.78 is 5.38. The smallest absolute Gasteiger partial charge is 0.161 e. The van der Waals surface area contributed by atoms with Crippen molar-refractivity contribution in [1.29, 1.82) is 0 Å². The minimum Gasteiger partial charge on any atom is -0.490 e. The average molecular weight is 168 g/mol. The Morgan fingerprint density at radius 1 is 1.55 bits per heavy atom. The molecule has 0 aromatic carbocycles. The molecular weight excluding hydrogens is 160 g/mol. The van der Waals surface area contributed by atoms with Crippen LogP contribution in [0.4, 0.5) is 0 Å².